The lowest BCUT2D eigenvalue weighted by molar-refractivity contribution is -0.117. The molecule has 0 atom stereocenters. The largest absolute Gasteiger partial charge is 0.456 e. The molecule has 0 radical (unpaired) electrons. The van der Waals surface area contributed by atoms with Crippen LogP contribution in [-0.4, -0.2) is 10.9 Å². The summed E-state index contributed by atoms with van der Waals surface area (Å²) in [6.07, 6.45) is 3.40. The molecule has 1 amide bonds. The maximum absolute atomic E-state index is 11.7. The zero-order valence-corrected chi connectivity index (χ0v) is 11.7. The molecule has 22 heavy (non-hydrogen) atoms. The topological polar surface area (TPSA) is 101 Å². The number of nitrogens with zero attached hydrogens (tertiary/aromatic N) is 2. The van der Waals surface area contributed by atoms with Crippen molar-refractivity contribution in [2.45, 2.75) is 12.8 Å². The summed E-state index contributed by atoms with van der Waals surface area (Å²) in [5.41, 5.74) is 6.49. The second kappa shape index (κ2) is 5.74. The summed E-state index contributed by atoms with van der Waals surface area (Å²) in [5, 5.41) is 11.9. The van der Waals surface area contributed by atoms with E-state index in [4.69, 9.17) is 15.7 Å². The van der Waals surface area contributed by atoms with E-state index >= 15 is 0 Å². The number of carbonyl (C=O) groups is 1. The van der Waals surface area contributed by atoms with Gasteiger partial charge in [0.15, 0.2) is 0 Å². The maximum Gasteiger partial charge on any atom is 0.228 e. The van der Waals surface area contributed by atoms with E-state index in [0.717, 1.165) is 12.8 Å². The number of carbonyl (C=O) groups excluding carboxylic acids is 1. The summed E-state index contributed by atoms with van der Waals surface area (Å²) in [6.45, 7) is 0. The number of amides is 1. The standard InChI is InChI=1S/C16H14N4O2/c17-9-11-7-12(18)3-4-14(11)22-13-5-6-19-15(8-13)20-16(21)10-1-2-10/h3-8,10H,1-2,18H2,(H,19,20,21). The second-order valence-corrected chi connectivity index (χ2v) is 5.11. The molecule has 0 spiro atoms. The van der Waals surface area contributed by atoms with Crippen molar-refractivity contribution in [3.8, 4) is 17.6 Å². The van der Waals surface area contributed by atoms with Gasteiger partial charge in [-0.15, -0.1) is 0 Å². The summed E-state index contributed by atoms with van der Waals surface area (Å²) in [4.78, 5) is 15.8. The van der Waals surface area contributed by atoms with Gasteiger partial charge in [-0.2, -0.15) is 5.26 Å². The van der Waals surface area contributed by atoms with Crippen molar-refractivity contribution in [3.63, 3.8) is 0 Å². The van der Waals surface area contributed by atoms with Crippen molar-refractivity contribution in [1.82, 2.24) is 4.98 Å². The van der Waals surface area contributed by atoms with E-state index in [1.54, 1.807) is 36.5 Å². The van der Waals surface area contributed by atoms with E-state index in [1.165, 1.54) is 0 Å². The van der Waals surface area contributed by atoms with Gasteiger partial charge in [-0.1, -0.05) is 0 Å². The molecule has 3 N–H and O–H groups in total. The van der Waals surface area contributed by atoms with Crippen molar-refractivity contribution in [1.29, 1.82) is 5.26 Å². The number of nitrogens with two attached hydrogens (primary N) is 1. The first kappa shape index (κ1) is 13.9. The van der Waals surface area contributed by atoms with Gasteiger partial charge in [0.25, 0.3) is 0 Å². The monoisotopic (exact) mass is 294 g/mol. The molecule has 1 heterocycles. The highest BCUT2D eigenvalue weighted by molar-refractivity contribution is 5.93. The number of rotatable bonds is 4. The fourth-order valence-electron chi connectivity index (χ4n) is 1.97. The lowest BCUT2D eigenvalue weighted by atomic mass is 10.2. The Kier molecular flexibility index (Phi) is 3.62. The average molecular weight is 294 g/mol. The number of aromatic nitrogens is 1. The van der Waals surface area contributed by atoms with Crippen LogP contribution in [0.2, 0.25) is 0 Å². The average Bonchev–Trinajstić information content (AvgIpc) is 3.34. The van der Waals surface area contributed by atoms with Crippen molar-refractivity contribution in [2.24, 2.45) is 5.92 Å². The Morgan fingerprint density at radius 1 is 1.36 bits per heavy atom. The highest BCUT2D eigenvalue weighted by Gasteiger charge is 2.29. The van der Waals surface area contributed by atoms with Gasteiger partial charge in [0.1, 0.15) is 23.4 Å². The second-order valence-electron chi connectivity index (χ2n) is 5.11. The van der Waals surface area contributed by atoms with E-state index in [2.05, 4.69) is 10.3 Å². The highest BCUT2D eigenvalue weighted by Crippen LogP contribution is 2.31. The zero-order chi connectivity index (χ0) is 15.5. The molecule has 2 aromatic rings. The normalized spacial score (nSPS) is 13.2. The molecule has 110 valence electrons. The summed E-state index contributed by atoms with van der Waals surface area (Å²) < 4.78 is 5.68. The minimum Gasteiger partial charge on any atom is -0.456 e. The quantitative estimate of drug-likeness (QED) is 0.844. The molecule has 0 saturated heterocycles. The Morgan fingerprint density at radius 3 is 2.91 bits per heavy atom. The number of ether oxygens (including phenoxy) is 1. The molecule has 1 aromatic heterocycles. The van der Waals surface area contributed by atoms with Crippen LogP contribution in [0, 0.1) is 17.2 Å². The van der Waals surface area contributed by atoms with Gasteiger partial charge in [0.05, 0.1) is 5.56 Å². The molecule has 1 saturated carbocycles. The van der Waals surface area contributed by atoms with Crippen LogP contribution in [0.4, 0.5) is 11.5 Å². The van der Waals surface area contributed by atoms with Crippen LogP contribution >= 0.6 is 0 Å². The fourth-order valence-corrected chi connectivity index (χ4v) is 1.97. The lowest BCUT2D eigenvalue weighted by Gasteiger charge is -2.09. The lowest BCUT2D eigenvalue weighted by Crippen LogP contribution is -2.14. The molecule has 1 fully saturated rings. The number of hydrogen-bond donors (Lipinski definition) is 2. The Balaban J connectivity index is 1.78. The van der Waals surface area contributed by atoms with E-state index < -0.39 is 0 Å². The minimum absolute atomic E-state index is 0.0187. The molecule has 0 unspecified atom stereocenters. The van der Waals surface area contributed by atoms with Gasteiger partial charge in [-0.25, -0.2) is 4.98 Å². The van der Waals surface area contributed by atoms with Gasteiger partial charge in [-0.05, 0) is 37.1 Å². The Morgan fingerprint density at radius 2 is 2.18 bits per heavy atom. The predicted molar refractivity (Wildman–Crippen MR) is 81.2 cm³/mol. The van der Waals surface area contributed by atoms with E-state index in [-0.39, 0.29) is 11.8 Å². The molecule has 0 bridgehead atoms. The number of anilines is 2. The van der Waals surface area contributed by atoms with Gasteiger partial charge in [-0.3, -0.25) is 4.79 Å². The number of pyridine rings is 1. The molecule has 3 rings (SSSR count). The molecule has 1 aromatic carbocycles. The maximum atomic E-state index is 11.7. The van der Waals surface area contributed by atoms with E-state index in [0.29, 0.717) is 28.6 Å². The molecule has 1 aliphatic carbocycles. The summed E-state index contributed by atoms with van der Waals surface area (Å²) >= 11 is 0. The minimum atomic E-state index is -0.0187. The fraction of sp³-hybridized carbons (Fsp3) is 0.188. The Labute approximate surface area is 127 Å². The van der Waals surface area contributed by atoms with E-state index in [1.807, 2.05) is 6.07 Å². The van der Waals surface area contributed by atoms with Gasteiger partial charge in [0, 0.05) is 23.9 Å². The SMILES string of the molecule is N#Cc1cc(N)ccc1Oc1ccnc(NC(=O)C2CC2)c1. The van der Waals surface area contributed by atoms with Gasteiger partial charge < -0.3 is 15.8 Å². The number of benzene rings is 1. The summed E-state index contributed by atoms with van der Waals surface area (Å²) in [5.74, 6) is 1.41. The van der Waals surface area contributed by atoms with Crippen LogP contribution in [0.3, 0.4) is 0 Å². The first-order chi connectivity index (χ1) is 10.7. The summed E-state index contributed by atoms with van der Waals surface area (Å²) in [6, 6.07) is 10.2. The molecule has 0 aliphatic heterocycles. The van der Waals surface area contributed by atoms with Crippen molar-refractivity contribution in [3.05, 3.63) is 42.1 Å². The molecule has 1 aliphatic rings. The smallest absolute Gasteiger partial charge is 0.228 e. The van der Waals surface area contributed by atoms with Crippen LogP contribution in [0.5, 0.6) is 11.5 Å². The third-order valence-electron chi connectivity index (χ3n) is 3.28. The van der Waals surface area contributed by atoms with Crippen LogP contribution in [-0.2, 0) is 4.79 Å². The third kappa shape index (κ3) is 3.15. The summed E-state index contributed by atoms with van der Waals surface area (Å²) in [7, 11) is 0. The molecule has 6 heteroatoms. The van der Waals surface area contributed by atoms with Crippen molar-refractivity contribution >= 4 is 17.4 Å². The predicted octanol–water partition coefficient (Wildman–Crippen LogP) is 2.68. The van der Waals surface area contributed by atoms with Crippen molar-refractivity contribution < 1.29 is 9.53 Å². The number of hydrogen-bond acceptors (Lipinski definition) is 5. The van der Waals surface area contributed by atoms with Gasteiger partial charge in [0.2, 0.25) is 5.91 Å². The van der Waals surface area contributed by atoms with Crippen LogP contribution < -0.4 is 15.8 Å². The zero-order valence-electron chi connectivity index (χ0n) is 11.7. The Hall–Kier alpha value is -3.07. The molecular formula is C16H14N4O2. The molecule has 6 nitrogen and oxygen atoms in total. The third-order valence-corrected chi connectivity index (χ3v) is 3.28. The molecular weight excluding hydrogens is 280 g/mol. The first-order valence-corrected chi connectivity index (χ1v) is 6.90. The van der Waals surface area contributed by atoms with Gasteiger partial charge >= 0.3 is 0 Å². The van der Waals surface area contributed by atoms with E-state index in [9.17, 15) is 4.79 Å². The number of nitrogen functional groups attached to an aromatic ring is 1. The van der Waals surface area contributed by atoms with Crippen LogP contribution in [0.1, 0.15) is 18.4 Å². The first-order valence-electron chi connectivity index (χ1n) is 6.90. The Bertz CT molecular complexity index is 763. The highest BCUT2D eigenvalue weighted by atomic mass is 16.5. The number of nitriles is 1. The van der Waals surface area contributed by atoms with Crippen molar-refractivity contribution in [2.75, 3.05) is 11.1 Å². The van der Waals surface area contributed by atoms with Crippen LogP contribution in [0.25, 0.3) is 0 Å². The number of nitrogens with one attached hydrogen (secondary N) is 1. The van der Waals surface area contributed by atoms with Crippen LogP contribution in [0.15, 0.2) is 36.5 Å².